The second-order valence-corrected chi connectivity index (χ2v) is 2.75. The normalized spacial score (nSPS) is 23.0. The van der Waals surface area contributed by atoms with Crippen molar-refractivity contribution in [3.05, 3.63) is 0 Å². The van der Waals surface area contributed by atoms with Crippen molar-refractivity contribution in [2.24, 2.45) is 4.02 Å². The van der Waals surface area contributed by atoms with Crippen LogP contribution in [0.5, 0.6) is 0 Å². The third kappa shape index (κ3) is 1.13. The van der Waals surface area contributed by atoms with Crippen molar-refractivity contribution >= 4 is 49.8 Å². The van der Waals surface area contributed by atoms with E-state index in [0.717, 1.165) is 3.93 Å². The molecule has 0 aromatic carbocycles. The Kier molecular flexibility index (Phi) is 2.20. The molecule has 0 aromatic heterocycles. The molecular weight excluding hydrogens is 268 g/mol. The highest BCUT2D eigenvalue weighted by Gasteiger charge is 2.33. The highest BCUT2D eigenvalue weighted by Crippen LogP contribution is 2.14. The lowest BCUT2D eigenvalue weighted by atomic mass is 10.3. The van der Waals surface area contributed by atoms with Gasteiger partial charge in [0.05, 0.1) is 38.7 Å². The van der Waals surface area contributed by atoms with Gasteiger partial charge in [0.15, 0.2) is 0 Å². The number of hydrogen-bond donors (Lipinski definition) is 0. The quantitative estimate of drug-likeness (QED) is 0.483. The van der Waals surface area contributed by atoms with Crippen LogP contribution in [0.4, 0.5) is 0 Å². The molecule has 0 atom stereocenters. The first-order valence-electron chi connectivity index (χ1n) is 2.37. The van der Waals surface area contributed by atoms with Crippen molar-refractivity contribution in [3.63, 3.8) is 0 Å². The number of carbonyl (C=O) groups excluding carboxylic acids is 2. The summed E-state index contributed by atoms with van der Waals surface area (Å²) in [5.74, 6) is -0.690. The molecular formula is C4H2Br2N2O2. The minimum Gasteiger partial charge on any atom is -0.273 e. The molecule has 1 fully saturated rings. The number of imide groups is 1. The van der Waals surface area contributed by atoms with E-state index in [2.05, 4.69) is 36.3 Å². The van der Waals surface area contributed by atoms with Crippen molar-refractivity contribution in [3.8, 4) is 0 Å². The zero-order chi connectivity index (χ0) is 7.72. The number of nitrogens with zero attached hydrogens (tertiary/aromatic N) is 2. The van der Waals surface area contributed by atoms with E-state index in [1.807, 2.05) is 0 Å². The maximum atomic E-state index is 10.8. The number of halogens is 2. The van der Waals surface area contributed by atoms with Crippen LogP contribution in [0.1, 0.15) is 6.42 Å². The van der Waals surface area contributed by atoms with E-state index in [0.29, 0.717) is 0 Å². The van der Waals surface area contributed by atoms with Gasteiger partial charge >= 0.3 is 0 Å². The zero-order valence-electron chi connectivity index (χ0n) is 4.67. The van der Waals surface area contributed by atoms with Crippen LogP contribution in [0.2, 0.25) is 0 Å². The fraction of sp³-hybridized carbons (Fsp3) is 0.250. The fourth-order valence-electron chi connectivity index (χ4n) is 0.581. The summed E-state index contributed by atoms with van der Waals surface area (Å²) in [5.41, 5.74) is 0.224. The third-order valence-electron chi connectivity index (χ3n) is 1.06. The number of amides is 2. The summed E-state index contributed by atoms with van der Waals surface area (Å²) in [4.78, 5) is 21.6. The molecule has 4 nitrogen and oxygen atoms in total. The van der Waals surface area contributed by atoms with E-state index < -0.39 is 5.91 Å². The molecule has 54 valence electrons. The van der Waals surface area contributed by atoms with E-state index in [4.69, 9.17) is 0 Å². The smallest absolute Gasteiger partial charge is 0.273 e. The Bertz CT molecular complexity index is 225. The van der Waals surface area contributed by atoms with Gasteiger partial charge in [0.2, 0.25) is 5.91 Å². The first-order chi connectivity index (χ1) is 4.66. The van der Waals surface area contributed by atoms with Crippen LogP contribution in [-0.4, -0.2) is 21.5 Å². The maximum absolute atomic E-state index is 10.8. The van der Waals surface area contributed by atoms with Crippen LogP contribution >= 0.6 is 32.3 Å². The molecule has 0 N–H and O–H groups in total. The molecule has 1 aliphatic rings. The van der Waals surface area contributed by atoms with Crippen LogP contribution < -0.4 is 0 Å². The molecule has 10 heavy (non-hydrogen) atoms. The molecule has 0 spiro atoms. The van der Waals surface area contributed by atoms with Crippen LogP contribution in [0, 0.1) is 0 Å². The standard InChI is InChI=1S/C4H2Br2N2O2/c5-7-2-1-3(9)8(6)4(2)10/h1H2. The lowest BCUT2D eigenvalue weighted by Crippen LogP contribution is -2.19. The number of hydrogen-bond acceptors (Lipinski definition) is 3. The van der Waals surface area contributed by atoms with E-state index in [9.17, 15) is 9.59 Å². The van der Waals surface area contributed by atoms with E-state index >= 15 is 0 Å². The summed E-state index contributed by atoms with van der Waals surface area (Å²) in [6.45, 7) is 0. The predicted molar refractivity (Wildman–Crippen MR) is 41.8 cm³/mol. The lowest BCUT2D eigenvalue weighted by Gasteiger charge is -1.97. The summed E-state index contributed by atoms with van der Waals surface area (Å²) >= 11 is 5.52. The average molecular weight is 270 g/mol. The lowest BCUT2D eigenvalue weighted by molar-refractivity contribution is -0.130. The molecule has 2 amide bonds. The Balaban J connectivity index is 2.92. The summed E-state index contributed by atoms with van der Waals surface area (Å²) in [6.07, 6.45) is 0.0648. The minimum atomic E-state index is -0.401. The van der Waals surface area contributed by atoms with Crippen LogP contribution in [0.15, 0.2) is 4.02 Å². The summed E-state index contributed by atoms with van der Waals surface area (Å²) in [5, 5.41) is 0. The van der Waals surface area contributed by atoms with Gasteiger partial charge in [-0.3, -0.25) is 9.59 Å². The Morgan fingerprint density at radius 1 is 1.50 bits per heavy atom. The van der Waals surface area contributed by atoms with Gasteiger partial charge in [0, 0.05) is 0 Å². The summed E-state index contributed by atoms with van der Waals surface area (Å²) < 4.78 is 4.32. The van der Waals surface area contributed by atoms with E-state index in [1.165, 1.54) is 0 Å². The zero-order valence-corrected chi connectivity index (χ0v) is 7.85. The van der Waals surface area contributed by atoms with Gasteiger partial charge < -0.3 is 0 Å². The first-order valence-corrected chi connectivity index (χ1v) is 3.79. The Morgan fingerprint density at radius 3 is 2.30 bits per heavy atom. The van der Waals surface area contributed by atoms with Crippen molar-refractivity contribution in [2.75, 3.05) is 0 Å². The second kappa shape index (κ2) is 2.79. The van der Waals surface area contributed by atoms with Gasteiger partial charge in [-0.25, -0.2) is 7.94 Å². The molecule has 0 unspecified atom stereocenters. The highest BCUT2D eigenvalue weighted by molar-refractivity contribution is 9.08. The Morgan fingerprint density at radius 2 is 2.10 bits per heavy atom. The van der Waals surface area contributed by atoms with Gasteiger partial charge in [-0.1, -0.05) is 0 Å². The fourth-order valence-corrected chi connectivity index (χ4v) is 1.19. The van der Waals surface area contributed by atoms with Crippen LogP contribution in [0.25, 0.3) is 0 Å². The van der Waals surface area contributed by atoms with Gasteiger partial charge in [-0.05, 0) is 0 Å². The van der Waals surface area contributed by atoms with Crippen molar-refractivity contribution in [1.29, 1.82) is 0 Å². The molecule has 0 saturated carbocycles. The second-order valence-electron chi connectivity index (χ2n) is 1.69. The molecule has 1 aliphatic heterocycles. The van der Waals surface area contributed by atoms with E-state index in [1.54, 1.807) is 0 Å². The predicted octanol–water partition coefficient (Wildman–Crippen LogP) is 0.806. The number of rotatable bonds is 0. The van der Waals surface area contributed by atoms with Crippen molar-refractivity contribution in [1.82, 2.24) is 3.93 Å². The molecule has 1 heterocycles. The summed E-state index contributed by atoms with van der Waals surface area (Å²) in [7, 11) is 0. The minimum absolute atomic E-state index is 0.0648. The van der Waals surface area contributed by atoms with Gasteiger partial charge in [0.25, 0.3) is 5.91 Å². The van der Waals surface area contributed by atoms with Gasteiger partial charge in [0.1, 0.15) is 5.71 Å². The topological polar surface area (TPSA) is 49.7 Å². The first kappa shape index (κ1) is 7.87. The van der Waals surface area contributed by atoms with Crippen LogP contribution in [-0.2, 0) is 9.59 Å². The number of carbonyl (C=O) groups is 2. The molecule has 1 saturated heterocycles. The Hall–Kier alpha value is -0.230. The van der Waals surface area contributed by atoms with Gasteiger partial charge in [-0.2, -0.15) is 0 Å². The largest absolute Gasteiger partial charge is 0.286 e. The van der Waals surface area contributed by atoms with E-state index in [-0.39, 0.29) is 18.0 Å². The SMILES string of the molecule is O=C1CC(=NBr)C(=O)N1Br. The average Bonchev–Trinajstić information content (AvgIpc) is 2.17. The highest BCUT2D eigenvalue weighted by atomic mass is 79.9. The molecule has 0 bridgehead atoms. The molecule has 0 radical (unpaired) electrons. The molecule has 1 rings (SSSR count). The maximum Gasteiger partial charge on any atom is 0.286 e. The molecule has 0 aromatic rings. The summed E-state index contributed by atoms with van der Waals surface area (Å²) in [6, 6.07) is 0. The monoisotopic (exact) mass is 268 g/mol. The molecule has 6 heteroatoms. The van der Waals surface area contributed by atoms with Gasteiger partial charge in [-0.15, -0.1) is 0 Å². The van der Waals surface area contributed by atoms with Crippen molar-refractivity contribution < 1.29 is 9.59 Å². The van der Waals surface area contributed by atoms with Crippen molar-refractivity contribution in [2.45, 2.75) is 6.42 Å². The Labute approximate surface area is 74.0 Å². The third-order valence-corrected chi connectivity index (χ3v) is 2.21. The van der Waals surface area contributed by atoms with Crippen LogP contribution in [0.3, 0.4) is 0 Å². The molecule has 0 aliphatic carbocycles.